The van der Waals surface area contributed by atoms with Crippen LogP contribution < -0.4 is 0 Å². The Morgan fingerprint density at radius 1 is 0.688 bits per heavy atom. The number of ether oxygens (including phenoxy) is 1. The molecule has 32 heavy (non-hydrogen) atoms. The molecule has 0 fully saturated rings. The first-order valence-corrected chi connectivity index (χ1v) is 9.24. The number of unbranched alkanes of at least 4 members (excludes halogenated alkanes) is 3. The van der Waals surface area contributed by atoms with Gasteiger partial charge in [0.05, 0.1) is 12.5 Å². The SMILES string of the molecule is CCC(C)C(=O)OCCCCCCC(F)(F)C(F)(F)C(F)(F)C(F)(F)C(F)(F)C(F)(F)F. The molecule has 0 aliphatic rings. The molecule has 15 heteroatoms. The minimum absolute atomic E-state index is 0.0475. The van der Waals surface area contributed by atoms with Gasteiger partial charge in [-0.25, -0.2) is 0 Å². The van der Waals surface area contributed by atoms with Gasteiger partial charge in [-0.05, 0) is 19.3 Å². The molecule has 0 saturated carbocycles. The van der Waals surface area contributed by atoms with Gasteiger partial charge in [-0.3, -0.25) is 4.79 Å². The quantitative estimate of drug-likeness (QED) is 0.150. The van der Waals surface area contributed by atoms with Crippen LogP contribution in [-0.2, 0) is 9.53 Å². The maximum atomic E-state index is 13.6. The van der Waals surface area contributed by atoms with Crippen molar-refractivity contribution < 1.29 is 66.6 Å². The van der Waals surface area contributed by atoms with Crippen LogP contribution in [0, 0.1) is 5.92 Å². The summed E-state index contributed by atoms with van der Waals surface area (Å²) in [6, 6.07) is 0. The summed E-state index contributed by atoms with van der Waals surface area (Å²) in [7, 11) is 0. The predicted octanol–water partition coefficient (Wildman–Crippen LogP) is 7.27. The first-order chi connectivity index (χ1) is 14.1. The fourth-order valence-corrected chi connectivity index (χ4v) is 2.24. The molecular weight excluding hydrogens is 483 g/mol. The third-order valence-corrected chi connectivity index (χ3v) is 4.64. The van der Waals surface area contributed by atoms with E-state index in [1.165, 1.54) is 0 Å². The summed E-state index contributed by atoms with van der Waals surface area (Å²) >= 11 is 0. The van der Waals surface area contributed by atoms with Crippen molar-refractivity contribution in [1.29, 1.82) is 0 Å². The van der Waals surface area contributed by atoms with Crippen molar-refractivity contribution in [2.75, 3.05) is 6.61 Å². The number of carbonyl (C=O) groups excluding carboxylic acids is 1. The highest BCUT2D eigenvalue weighted by Crippen LogP contribution is 2.60. The van der Waals surface area contributed by atoms with Gasteiger partial charge in [0.15, 0.2) is 0 Å². The average molecular weight is 504 g/mol. The van der Waals surface area contributed by atoms with Crippen LogP contribution in [-0.4, -0.2) is 48.4 Å². The first kappa shape index (κ1) is 30.6. The molecule has 0 rings (SSSR count). The fraction of sp³-hybridized carbons (Fsp3) is 0.941. The van der Waals surface area contributed by atoms with E-state index < -0.39 is 60.5 Å². The maximum Gasteiger partial charge on any atom is 0.460 e. The van der Waals surface area contributed by atoms with Gasteiger partial charge >= 0.3 is 41.8 Å². The lowest BCUT2D eigenvalue weighted by Gasteiger charge is -2.39. The van der Waals surface area contributed by atoms with E-state index >= 15 is 0 Å². The van der Waals surface area contributed by atoms with Crippen LogP contribution >= 0.6 is 0 Å². The number of halogens is 13. The van der Waals surface area contributed by atoms with E-state index in [1.54, 1.807) is 13.8 Å². The standard InChI is InChI=1S/C17H21F13O2/c1-3-10(2)11(31)32-9-7-5-4-6-8-12(18,19)13(20,21)14(22,23)15(24,25)16(26,27)17(28,29)30/h10H,3-9H2,1-2H3. The molecule has 1 unspecified atom stereocenters. The van der Waals surface area contributed by atoms with Crippen LogP contribution in [0.2, 0.25) is 0 Å². The molecule has 0 spiro atoms. The monoisotopic (exact) mass is 504 g/mol. The van der Waals surface area contributed by atoms with Crippen LogP contribution in [0.25, 0.3) is 0 Å². The summed E-state index contributed by atoms with van der Waals surface area (Å²) < 4.78 is 173. The van der Waals surface area contributed by atoms with Gasteiger partial charge in [0.1, 0.15) is 0 Å². The van der Waals surface area contributed by atoms with Crippen molar-refractivity contribution in [3.63, 3.8) is 0 Å². The van der Waals surface area contributed by atoms with Crippen LogP contribution in [0.5, 0.6) is 0 Å². The Hall–Kier alpha value is -1.44. The zero-order chi connectivity index (χ0) is 25.8. The van der Waals surface area contributed by atoms with Crippen molar-refractivity contribution in [3.05, 3.63) is 0 Å². The number of alkyl halides is 13. The molecule has 192 valence electrons. The van der Waals surface area contributed by atoms with E-state index in [4.69, 9.17) is 4.74 Å². The Bertz CT molecular complexity index is 614. The van der Waals surface area contributed by atoms with E-state index in [1.807, 2.05) is 0 Å². The topological polar surface area (TPSA) is 26.3 Å². The van der Waals surface area contributed by atoms with Crippen LogP contribution in [0.3, 0.4) is 0 Å². The zero-order valence-electron chi connectivity index (χ0n) is 16.8. The molecule has 0 aromatic carbocycles. The summed E-state index contributed by atoms with van der Waals surface area (Å²) in [5, 5.41) is 0. The summed E-state index contributed by atoms with van der Waals surface area (Å²) in [6.07, 6.45) is -10.5. The van der Waals surface area contributed by atoms with Gasteiger partial charge in [-0.1, -0.05) is 26.7 Å². The number of rotatable bonds is 13. The van der Waals surface area contributed by atoms with Gasteiger partial charge in [0.2, 0.25) is 0 Å². The molecule has 0 N–H and O–H groups in total. The lowest BCUT2D eigenvalue weighted by Crippen LogP contribution is -2.70. The van der Waals surface area contributed by atoms with Crippen molar-refractivity contribution in [2.45, 2.75) is 88.2 Å². The highest BCUT2D eigenvalue weighted by Gasteiger charge is 2.90. The third kappa shape index (κ3) is 5.91. The van der Waals surface area contributed by atoms with Crippen molar-refractivity contribution in [3.8, 4) is 0 Å². The molecule has 0 aromatic heterocycles. The summed E-state index contributed by atoms with van der Waals surface area (Å²) in [5.41, 5.74) is 0. The first-order valence-electron chi connectivity index (χ1n) is 9.24. The zero-order valence-corrected chi connectivity index (χ0v) is 16.8. The smallest absolute Gasteiger partial charge is 0.460 e. The Balaban J connectivity index is 5.05. The lowest BCUT2D eigenvalue weighted by atomic mass is 9.91. The predicted molar refractivity (Wildman–Crippen MR) is 84.3 cm³/mol. The van der Waals surface area contributed by atoms with E-state index in [-0.39, 0.29) is 25.9 Å². The average Bonchev–Trinajstić information content (AvgIpc) is 2.64. The van der Waals surface area contributed by atoms with E-state index in [9.17, 15) is 61.9 Å². The summed E-state index contributed by atoms with van der Waals surface area (Å²) in [6.45, 7) is 3.09. The minimum Gasteiger partial charge on any atom is -0.465 e. The lowest BCUT2D eigenvalue weighted by molar-refractivity contribution is -0.440. The normalized spacial score (nSPS) is 15.6. The summed E-state index contributed by atoms with van der Waals surface area (Å²) in [4.78, 5) is 11.4. The number of carbonyl (C=O) groups is 1. The Kier molecular flexibility index (Phi) is 9.76. The largest absolute Gasteiger partial charge is 0.465 e. The van der Waals surface area contributed by atoms with E-state index in [2.05, 4.69) is 0 Å². The number of hydrogen-bond donors (Lipinski definition) is 0. The third-order valence-electron chi connectivity index (χ3n) is 4.64. The molecule has 0 radical (unpaired) electrons. The molecule has 0 aliphatic heterocycles. The minimum atomic E-state index is -7.87. The van der Waals surface area contributed by atoms with Gasteiger partial charge in [0.25, 0.3) is 0 Å². The van der Waals surface area contributed by atoms with Gasteiger partial charge < -0.3 is 4.74 Å². The molecule has 0 saturated heterocycles. The van der Waals surface area contributed by atoms with Crippen molar-refractivity contribution in [1.82, 2.24) is 0 Å². The molecule has 0 aliphatic carbocycles. The molecule has 1 atom stereocenters. The highest BCUT2D eigenvalue weighted by atomic mass is 19.4. The van der Waals surface area contributed by atoms with Gasteiger partial charge in [-0.2, -0.15) is 57.1 Å². The van der Waals surface area contributed by atoms with E-state index in [0.29, 0.717) is 6.42 Å². The second kappa shape index (κ2) is 10.2. The second-order valence-corrected chi connectivity index (χ2v) is 7.14. The molecule has 2 nitrogen and oxygen atoms in total. The van der Waals surface area contributed by atoms with E-state index in [0.717, 1.165) is 0 Å². The van der Waals surface area contributed by atoms with Crippen molar-refractivity contribution in [2.24, 2.45) is 5.92 Å². The fourth-order valence-electron chi connectivity index (χ4n) is 2.24. The van der Waals surface area contributed by atoms with Gasteiger partial charge in [0, 0.05) is 6.42 Å². The second-order valence-electron chi connectivity index (χ2n) is 7.14. The number of hydrogen-bond acceptors (Lipinski definition) is 2. The Morgan fingerprint density at radius 2 is 1.12 bits per heavy atom. The van der Waals surface area contributed by atoms with Crippen LogP contribution in [0.1, 0.15) is 52.4 Å². The molecule has 0 heterocycles. The maximum absolute atomic E-state index is 13.6. The van der Waals surface area contributed by atoms with Crippen LogP contribution in [0.4, 0.5) is 57.1 Å². The van der Waals surface area contributed by atoms with Crippen molar-refractivity contribution >= 4 is 5.97 Å². The molecular formula is C17H21F13O2. The summed E-state index contributed by atoms with van der Waals surface area (Å²) in [5.74, 6) is -37.6. The molecule has 0 bridgehead atoms. The Labute approximate surface area is 174 Å². The number of esters is 1. The molecule has 0 aromatic rings. The van der Waals surface area contributed by atoms with Gasteiger partial charge in [-0.15, -0.1) is 0 Å². The Morgan fingerprint density at radius 3 is 1.56 bits per heavy atom. The van der Waals surface area contributed by atoms with Crippen LogP contribution in [0.15, 0.2) is 0 Å². The molecule has 0 amide bonds. The highest BCUT2D eigenvalue weighted by molar-refractivity contribution is 5.71.